The van der Waals surface area contributed by atoms with E-state index in [9.17, 15) is 5.11 Å². The number of hydrogen-bond acceptors (Lipinski definition) is 1. The van der Waals surface area contributed by atoms with Crippen LogP contribution in [-0.4, -0.2) is 11.7 Å². The van der Waals surface area contributed by atoms with Crippen LogP contribution in [0.2, 0.25) is 0 Å². The first kappa shape index (κ1) is 12.3. The number of aliphatic hydroxyl groups is 1. The Morgan fingerprint density at radius 1 is 1.13 bits per heavy atom. The summed E-state index contributed by atoms with van der Waals surface area (Å²) in [6.45, 7) is 6.74. The first-order valence-corrected chi connectivity index (χ1v) is 5.83. The lowest BCUT2D eigenvalue weighted by Gasteiger charge is -2.13. The Kier molecular flexibility index (Phi) is 4.83. The van der Waals surface area contributed by atoms with E-state index in [-0.39, 0.29) is 0 Å². The molecule has 0 spiro atoms. The summed E-state index contributed by atoms with van der Waals surface area (Å²) in [5.74, 6) is 0.427. The molecule has 1 aromatic rings. The average molecular weight is 206 g/mol. The van der Waals surface area contributed by atoms with Gasteiger partial charge in [-0.2, -0.15) is 0 Å². The summed E-state index contributed by atoms with van der Waals surface area (Å²) >= 11 is 0. The first-order chi connectivity index (χ1) is 7.15. The summed E-state index contributed by atoms with van der Waals surface area (Å²) in [4.78, 5) is 0. The van der Waals surface area contributed by atoms with E-state index in [1.807, 2.05) is 0 Å². The maximum absolute atomic E-state index is 9.26. The van der Waals surface area contributed by atoms with Gasteiger partial charge in [0.15, 0.2) is 0 Å². The summed E-state index contributed by atoms with van der Waals surface area (Å²) < 4.78 is 0. The van der Waals surface area contributed by atoms with Gasteiger partial charge in [0.25, 0.3) is 0 Å². The van der Waals surface area contributed by atoms with Gasteiger partial charge >= 0.3 is 0 Å². The minimum Gasteiger partial charge on any atom is -0.396 e. The van der Waals surface area contributed by atoms with Crippen LogP contribution in [0.4, 0.5) is 0 Å². The second-order valence-electron chi connectivity index (χ2n) is 4.54. The van der Waals surface area contributed by atoms with Crippen molar-refractivity contribution < 1.29 is 5.11 Å². The Labute approximate surface area is 93.1 Å². The second-order valence-corrected chi connectivity index (χ2v) is 4.54. The molecule has 1 heteroatoms. The molecule has 1 N–H and O–H groups in total. The molecule has 0 radical (unpaired) electrons. The molecular weight excluding hydrogens is 184 g/mol. The van der Waals surface area contributed by atoms with Crippen LogP contribution in [0.5, 0.6) is 0 Å². The molecule has 0 aliphatic rings. The fraction of sp³-hybridized carbons (Fsp3) is 0.571. The van der Waals surface area contributed by atoms with Crippen LogP contribution >= 0.6 is 0 Å². The molecule has 0 aliphatic carbocycles. The molecule has 15 heavy (non-hydrogen) atoms. The highest BCUT2D eigenvalue weighted by Gasteiger charge is 2.07. The number of rotatable bonds is 5. The maximum atomic E-state index is 9.26. The molecule has 0 saturated carbocycles. The molecule has 0 aromatic heterocycles. The maximum Gasteiger partial charge on any atom is 0.0462 e. The Morgan fingerprint density at radius 3 is 2.20 bits per heavy atom. The zero-order valence-electron chi connectivity index (χ0n) is 10.1. The van der Waals surface area contributed by atoms with Crippen LogP contribution in [0.3, 0.4) is 0 Å². The van der Waals surface area contributed by atoms with Crippen molar-refractivity contribution in [3.8, 4) is 0 Å². The molecule has 1 nitrogen and oxygen atoms in total. The summed E-state index contributed by atoms with van der Waals surface area (Å²) in [5, 5.41) is 9.26. The van der Waals surface area contributed by atoms with Gasteiger partial charge < -0.3 is 5.11 Å². The number of benzene rings is 1. The van der Waals surface area contributed by atoms with Crippen molar-refractivity contribution in [1.82, 2.24) is 0 Å². The van der Waals surface area contributed by atoms with Crippen molar-refractivity contribution in [2.75, 3.05) is 6.61 Å². The summed E-state index contributed by atoms with van der Waals surface area (Å²) in [6.07, 6.45) is 3.27. The van der Waals surface area contributed by atoms with Crippen molar-refractivity contribution >= 4 is 0 Å². The van der Waals surface area contributed by atoms with Crippen LogP contribution in [0.1, 0.15) is 36.5 Å². The molecule has 1 unspecified atom stereocenters. The van der Waals surface area contributed by atoms with Crippen molar-refractivity contribution in [2.45, 2.75) is 40.0 Å². The van der Waals surface area contributed by atoms with Gasteiger partial charge in [-0.05, 0) is 38.2 Å². The molecule has 0 fully saturated rings. The fourth-order valence-electron chi connectivity index (χ4n) is 2.19. The highest BCUT2D eigenvalue weighted by Crippen LogP contribution is 2.16. The van der Waals surface area contributed by atoms with E-state index in [1.165, 1.54) is 16.7 Å². The second kappa shape index (κ2) is 5.92. The smallest absolute Gasteiger partial charge is 0.0462 e. The van der Waals surface area contributed by atoms with Crippen molar-refractivity contribution in [3.63, 3.8) is 0 Å². The summed E-state index contributed by atoms with van der Waals surface area (Å²) in [5.41, 5.74) is 4.00. The highest BCUT2D eigenvalue weighted by atomic mass is 16.3. The van der Waals surface area contributed by atoms with Gasteiger partial charge in [-0.1, -0.05) is 42.7 Å². The molecule has 1 atom stereocenters. The van der Waals surface area contributed by atoms with E-state index in [0.717, 1.165) is 19.3 Å². The van der Waals surface area contributed by atoms with E-state index in [2.05, 4.69) is 39.0 Å². The van der Waals surface area contributed by atoms with Crippen LogP contribution in [0, 0.1) is 19.8 Å². The predicted octanol–water partition coefficient (Wildman–Crippen LogP) is 3.25. The Bertz CT molecular complexity index is 284. The summed E-state index contributed by atoms with van der Waals surface area (Å²) in [7, 11) is 0. The largest absolute Gasteiger partial charge is 0.396 e. The third kappa shape index (κ3) is 4.05. The van der Waals surface area contributed by atoms with Crippen molar-refractivity contribution in [2.24, 2.45) is 5.92 Å². The van der Waals surface area contributed by atoms with Gasteiger partial charge in [0.1, 0.15) is 0 Å². The molecule has 1 rings (SSSR count). The minimum absolute atomic E-state index is 0.306. The molecular formula is C14H22O. The molecule has 0 saturated heterocycles. The molecule has 0 heterocycles. The van der Waals surface area contributed by atoms with Gasteiger partial charge in [0, 0.05) is 6.61 Å². The van der Waals surface area contributed by atoms with Gasteiger partial charge in [-0.15, -0.1) is 0 Å². The van der Waals surface area contributed by atoms with Gasteiger partial charge in [-0.3, -0.25) is 0 Å². The predicted molar refractivity (Wildman–Crippen MR) is 65.1 cm³/mol. The lowest BCUT2D eigenvalue weighted by atomic mass is 9.94. The zero-order valence-corrected chi connectivity index (χ0v) is 10.1. The summed E-state index contributed by atoms with van der Waals surface area (Å²) in [6, 6.07) is 6.65. The monoisotopic (exact) mass is 206 g/mol. The average Bonchev–Trinajstić information content (AvgIpc) is 2.15. The van der Waals surface area contributed by atoms with E-state index in [4.69, 9.17) is 0 Å². The fourth-order valence-corrected chi connectivity index (χ4v) is 2.19. The number of aryl methyl sites for hydroxylation is 2. The minimum atomic E-state index is 0.306. The van der Waals surface area contributed by atoms with E-state index < -0.39 is 0 Å². The SMILES string of the molecule is CCCC(CO)Cc1cc(C)cc(C)c1. The van der Waals surface area contributed by atoms with Crippen LogP contribution in [-0.2, 0) is 6.42 Å². The molecule has 0 bridgehead atoms. The van der Waals surface area contributed by atoms with E-state index >= 15 is 0 Å². The zero-order chi connectivity index (χ0) is 11.3. The molecule has 0 aliphatic heterocycles. The third-order valence-corrected chi connectivity index (χ3v) is 2.76. The van der Waals surface area contributed by atoms with Crippen molar-refractivity contribution in [3.05, 3.63) is 34.9 Å². The Hall–Kier alpha value is -0.820. The van der Waals surface area contributed by atoms with Crippen LogP contribution in [0.25, 0.3) is 0 Å². The normalized spacial score (nSPS) is 12.8. The highest BCUT2D eigenvalue weighted by molar-refractivity contribution is 5.28. The van der Waals surface area contributed by atoms with E-state index in [0.29, 0.717) is 12.5 Å². The standard InChI is InChI=1S/C14H22O/c1-4-5-13(10-15)9-14-7-11(2)6-12(3)8-14/h6-8,13,15H,4-5,9-10H2,1-3H3. The lowest BCUT2D eigenvalue weighted by molar-refractivity contribution is 0.217. The quantitative estimate of drug-likeness (QED) is 0.784. The van der Waals surface area contributed by atoms with Gasteiger partial charge in [0.2, 0.25) is 0 Å². The Balaban J connectivity index is 2.69. The number of hydrogen-bond donors (Lipinski definition) is 1. The van der Waals surface area contributed by atoms with E-state index in [1.54, 1.807) is 0 Å². The van der Waals surface area contributed by atoms with Gasteiger partial charge in [0.05, 0.1) is 0 Å². The Morgan fingerprint density at radius 2 is 1.73 bits per heavy atom. The number of aliphatic hydroxyl groups excluding tert-OH is 1. The van der Waals surface area contributed by atoms with Crippen LogP contribution < -0.4 is 0 Å². The third-order valence-electron chi connectivity index (χ3n) is 2.76. The van der Waals surface area contributed by atoms with Gasteiger partial charge in [-0.25, -0.2) is 0 Å². The lowest BCUT2D eigenvalue weighted by Crippen LogP contribution is -2.09. The van der Waals surface area contributed by atoms with Crippen LogP contribution in [0.15, 0.2) is 18.2 Å². The van der Waals surface area contributed by atoms with Crippen molar-refractivity contribution in [1.29, 1.82) is 0 Å². The molecule has 1 aromatic carbocycles. The topological polar surface area (TPSA) is 20.2 Å². The molecule has 84 valence electrons. The first-order valence-electron chi connectivity index (χ1n) is 5.83. The molecule has 0 amide bonds.